The third-order valence-corrected chi connectivity index (χ3v) is 4.18. The highest BCUT2D eigenvalue weighted by molar-refractivity contribution is 5.94. The summed E-state index contributed by atoms with van der Waals surface area (Å²) in [5.41, 5.74) is 5.98. The smallest absolute Gasteiger partial charge is 0.254 e. The quantitative estimate of drug-likeness (QED) is 0.781. The number of carbonyl (C=O) groups is 1. The lowest BCUT2D eigenvalue weighted by Crippen LogP contribution is -2.57. The summed E-state index contributed by atoms with van der Waals surface area (Å²) in [7, 11) is 4.98. The Hall–Kier alpha value is -1.67. The van der Waals surface area contributed by atoms with Crippen LogP contribution in [0, 0.1) is 0 Å². The maximum Gasteiger partial charge on any atom is 0.254 e. The van der Waals surface area contributed by atoms with Crippen molar-refractivity contribution < 1.29 is 23.7 Å². The fourth-order valence-electron chi connectivity index (χ4n) is 2.84. The van der Waals surface area contributed by atoms with Crippen LogP contribution in [0.1, 0.15) is 10.4 Å². The molecule has 7 nitrogen and oxygen atoms in total. The molecule has 1 aromatic rings. The van der Waals surface area contributed by atoms with Gasteiger partial charge in [-0.1, -0.05) is 6.07 Å². The first-order valence-corrected chi connectivity index (χ1v) is 7.95. The molecule has 0 aromatic heterocycles. The lowest BCUT2D eigenvalue weighted by Gasteiger charge is -2.40. The van der Waals surface area contributed by atoms with E-state index in [9.17, 15) is 4.79 Å². The van der Waals surface area contributed by atoms with Crippen LogP contribution in [0.25, 0.3) is 0 Å². The topological polar surface area (TPSA) is 83.2 Å². The van der Waals surface area contributed by atoms with E-state index in [2.05, 4.69) is 0 Å². The Balaban J connectivity index is 2.13. The number of likely N-dealkylation sites (N-methyl/N-ethyl adjacent to an activating group) is 1. The zero-order valence-electron chi connectivity index (χ0n) is 14.4. The molecule has 134 valence electrons. The molecule has 2 rings (SSSR count). The fraction of sp³-hybridized carbons (Fsp3) is 0.588. The zero-order valence-corrected chi connectivity index (χ0v) is 14.4. The Labute approximate surface area is 142 Å². The van der Waals surface area contributed by atoms with Crippen molar-refractivity contribution in [1.82, 2.24) is 4.90 Å². The van der Waals surface area contributed by atoms with Crippen LogP contribution < -0.4 is 10.5 Å². The number of hydrogen-bond donors (Lipinski definition) is 1. The highest BCUT2D eigenvalue weighted by atomic mass is 16.6. The molecule has 2 N–H and O–H groups in total. The summed E-state index contributed by atoms with van der Waals surface area (Å²) in [4.78, 5) is 14.5. The number of nitrogens with zero attached hydrogens (tertiary/aromatic N) is 1. The van der Waals surface area contributed by atoms with E-state index in [1.165, 1.54) is 0 Å². The predicted octanol–water partition coefficient (Wildman–Crippen LogP) is 0.525. The molecule has 0 radical (unpaired) electrons. The minimum Gasteiger partial charge on any atom is -0.492 e. The zero-order chi connectivity index (χ0) is 17.5. The van der Waals surface area contributed by atoms with Crippen molar-refractivity contribution in [3.05, 3.63) is 29.8 Å². The maximum absolute atomic E-state index is 12.8. The number of nitrogens with two attached hydrogens (primary N) is 1. The monoisotopic (exact) mass is 338 g/mol. The van der Waals surface area contributed by atoms with Crippen LogP contribution in [0.2, 0.25) is 0 Å². The van der Waals surface area contributed by atoms with E-state index >= 15 is 0 Å². The van der Waals surface area contributed by atoms with Crippen LogP contribution in [0.5, 0.6) is 5.75 Å². The maximum atomic E-state index is 12.8. The normalized spacial score (nSPS) is 23.8. The third-order valence-electron chi connectivity index (χ3n) is 4.18. The van der Waals surface area contributed by atoms with Crippen LogP contribution in [-0.2, 0) is 14.2 Å². The predicted molar refractivity (Wildman–Crippen MR) is 89.3 cm³/mol. The standard InChI is InChI=1S/C17H26N2O5/c1-19(14-10-23-11-15(21-2)16(14)22-3)17(20)12-5-4-6-13(9-12)24-8-7-18/h4-6,9,14-16H,7-8,10-11,18H2,1-3H3/t14-,15-,16+/m1/s1. The molecular weight excluding hydrogens is 312 g/mol. The van der Waals surface area contributed by atoms with Gasteiger partial charge in [0.25, 0.3) is 5.91 Å². The molecule has 1 amide bonds. The molecule has 0 saturated carbocycles. The average molecular weight is 338 g/mol. The lowest BCUT2D eigenvalue weighted by atomic mass is 10.0. The molecule has 7 heteroatoms. The summed E-state index contributed by atoms with van der Waals surface area (Å²) in [5.74, 6) is 0.498. The van der Waals surface area contributed by atoms with Gasteiger partial charge in [0.2, 0.25) is 0 Å². The molecule has 1 heterocycles. The van der Waals surface area contributed by atoms with Crippen molar-refractivity contribution in [2.75, 3.05) is 47.6 Å². The number of carbonyl (C=O) groups excluding carboxylic acids is 1. The van der Waals surface area contributed by atoms with E-state index < -0.39 is 0 Å². The second kappa shape index (κ2) is 8.98. The van der Waals surface area contributed by atoms with Crippen LogP contribution in [0.15, 0.2) is 24.3 Å². The molecule has 0 aliphatic carbocycles. The highest BCUT2D eigenvalue weighted by Gasteiger charge is 2.38. The van der Waals surface area contributed by atoms with E-state index in [-0.39, 0.29) is 24.2 Å². The number of methoxy groups -OCH3 is 2. The average Bonchev–Trinajstić information content (AvgIpc) is 2.64. The molecule has 24 heavy (non-hydrogen) atoms. The van der Waals surface area contributed by atoms with Crippen LogP contribution >= 0.6 is 0 Å². The molecule has 1 aliphatic heterocycles. The number of benzene rings is 1. The molecule has 1 aromatic carbocycles. The van der Waals surface area contributed by atoms with E-state index in [4.69, 9.17) is 24.7 Å². The SMILES string of the molecule is CO[C@H]1[C@H](N(C)C(=O)c2cccc(OCCN)c2)COC[C@H]1OC. The summed E-state index contributed by atoms with van der Waals surface area (Å²) in [6.45, 7) is 1.69. The van der Waals surface area contributed by atoms with Crippen molar-refractivity contribution in [2.24, 2.45) is 5.73 Å². The molecule has 1 fully saturated rings. The minimum atomic E-state index is -0.241. The summed E-state index contributed by atoms with van der Waals surface area (Å²) in [6, 6.07) is 6.83. The third kappa shape index (κ3) is 4.24. The van der Waals surface area contributed by atoms with Crippen molar-refractivity contribution in [3.63, 3.8) is 0 Å². The van der Waals surface area contributed by atoms with Crippen molar-refractivity contribution in [3.8, 4) is 5.75 Å². The Morgan fingerprint density at radius 2 is 2.12 bits per heavy atom. The summed E-state index contributed by atoms with van der Waals surface area (Å²) >= 11 is 0. The largest absolute Gasteiger partial charge is 0.492 e. The molecule has 0 bridgehead atoms. The minimum absolute atomic E-state index is 0.124. The van der Waals surface area contributed by atoms with Gasteiger partial charge in [0, 0.05) is 33.4 Å². The van der Waals surface area contributed by atoms with Gasteiger partial charge < -0.3 is 29.6 Å². The Bertz CT molecular complexity index is 539. The van der Waals surface area contributed by atoms with Gasteiger partial charge in [-0.05, 0) is 18.2 Å². The molecular formula is C17H26N2O5. The van der Waals surface area contributed by atoms with Crippen LogP contribution in [-0.4, -0.2) is 76.7 Å². The van der Waals surface area contributed by atoms with E-state index in [0.29, 0.717) is 37.7 Å². The Morgan fingerprint density at radius 1 is 1.33 bits per heavy atom. The molecule has 1 saturated heterocycles. The van der Waals surface area contributed by atoms with E-state index in [1.54, 1.807) is 50.4 Å². The summed E-state index contributed by atoms with van der Waals surface area (Å²) in [6.07, 6.45) is -0.447. The van der Waals surface area contributed by atoms with Gasteiger partial charge in [0.1, 0.15) is 24.6 Å². The Kier molecular flexibility index (Phi) is 6.99. The highest BCUT2D eigenvalue weighted by Crippen LogP contribution is 2.21. The van der Waals surface area contributed by atoms with Gasteiger partial charge in [0.05, 0.1) is 19.3 Å². The second-order valence-corrected chi connectivity index (χ2v) is 5.66. The number of rotatable bonds is 7. The van der Waals surface area contributed by atoms with Crippen LogP contribution in [0.4, 0.5) is 0 Å². The molecule has 1 aliphatic rings. The lowest BCUT2D eigenvalue weighted by molar-refractivity contribution is -0.147. The molecule has 0 unspecified atom stereocenters. The number of amides is 1. The first kappa shape index (κ1) is 18.7. The second-order valence-electron chi connectivity index (χ2n) is 5.66. The summed E-state index contributed by atoms with van der Waals surface area (Å²) < 4.78 is 22.0. The molecule has 3 atom stereocenters. The van der Waals surface area contributed by atoms with E-state index in [0.717, 1.165) is 0 Å². The number of ether oxygens (including phenoxy) is 4. The van der Waals surface area contributed by atoms with Crippen LogP contribution in [0.3, 0.4) is 0 Å². The first-order valence-electron chi connectivity index (χ1n) is 7.95. The van der Waals surface area contributed by atoms with Gasteiger partial charge in [0.15, 0.2) is 0 Å². The first-order chi connectivity index (χ1) is 11.6. The van der Waals surface area contributed by atoms with Crippen molar-refractivity contribution in [2.45, 2.75) is 18.2 Å². The van der Waals surface area contributed by atoms with Gasteiger partial charge in [-0.2, -0.15) is 0 Å². The van der Waals surface area contributed by atoms with E-state index in [1.807, 2.05) is 0 Å². The fourth-order valence-corrected chi connectivity index (χ4v) is 2.84. The van der Waals surface area contributed by atoms with Gasteiger partial charge in [-0.15, -0.1) is 0 Å². The van der Waals surface area contributed by atoms with Gasteiger partial charge in [-0.25, -0.2) is 0 Å². The van der Waals surface area contributed by atoms with Gasteiger partial charge >= 0.3 is 0 Å². The molecule has 0 spiro atoms. The van der Waals surface area contributed by atoms with Gasteiger partial charge in [-0.3, -0.25) is 4.79 Å². The number of hydrogen-bond acceptors (Lipinski definition) is 6. The van der Waals surface area contributed by atoms with Crippen molar-refractivity contribution in [1.29, 1.82) is 0 Å². The Morgan fingerprint density at radius 3 is 2.79 bits per heavy atom. The summed E-state index contributed by atoms with van der Waals surface area (Å²) in [5, 5.41) is 0. The van der Waals surface area contributed by atoms with Crippen molar-refractivity contribution >= 4 is 5.91 Å².